The van der Waals surface area contributed by atoms with Crippen LogP contribution in [0.25, 0.3) is 0 Å². The first-order valence-corrected chi connectivity index (χ1v) is 9.79. The van der Waals surface area contributed by atoms with Gasteiger partial charge in [0.15, 0.2) is 0 Å². The van der Waals surface area contributed by atoms with Gasteiger partial charge in [-0.15, -0.1) is 0 Å². The summed E-state index contributed by atoms with van der Waals surface area (Å²) in [7, 11) is 1.56. The molecule has 3 amide bonds. The van der Waals surface area contributed by atoms with Crippen LogP contribution in [0.3, 0.4) is 0 Å². The predicted octanol–water partition coefficient (Wildman–Crippen LogP) is 1.75. The number of amides is 3. The van der Waals surface area contributed by atoms with Crippen LogP contribution in [0.15, 0.2) is 48.5 Å². The average Bonchev–Trinajstić information content (AvgIpc) is 2.79. The van der Waals surface area contributed by atoms with Gasteiger partial charge in [-0.2, -0.15) is 0 Å². The molecule has 2 N–H and O–H groups in total. The van der Waals surface area contributed by atoms with Gasteiger partial charge in [-0.25, -0.2) is 0 Å². The Bertz CT molecular complexity index is 898. The molecule has 2 aromatic rings. The molecule has 0 saturated carbocycles. The Labute approximate surface area is 175 Å². The zero-order valence-electron chi connectivity index (χ0n) is 16.8. The van der Waals surface area contributed by atoms with Gasteiger partial charge in [-0.3, -0.25) is 14.4 Å². The molecule has 3 rings (SSSR count). The van der Waals surface area contributed by atoms with Crippen LogP contribution in [0.1, 0.15) is 23.2 Å². The van der Waals surface area contributed by atoms with Crippen molar-refractivity contribution in [3.8, 4) is 11.5 Å². The fourth-order valence-electron chi connectivity index (χ4n) is 3.09. The van der Waals surface area contributed by atoms with Crippen molar-refractivity contribution < 1.29 is 23.9 Å². The molecule has 2 aromatic carbocycles. The van der Waals surface area contributed by atoms with E-state index in [1.165, 1.54) is 0 Å². The lowest BCUT2D eigenvalue weighted by molar-refractivity contribution is -0.125. The number of nitrogens with one attached hydrogen (secondary N) is 2. The number of fused-ring (bicyclic) bond motifs is 1. The van der Waals surface area contributed by atoms with Crippen LogP contribution < -0.4 is 25.0 Å². The van der Waals surface area contributed by atoms with Crippen LogP contribution in [-0.4, -0.2) is 51.1 Å². The number of rotatable bonds is 8. The summed E-state index contributed by atoms with van der Waals surface area (Å²) in [5.74, 6) is 0.772. The van der Waals surface area contributed by atoms with Crippen molar-refractivity contribution in [3.63, 3.8) is 0 Å². The number of benzene rings is 2. The molecule has 8 heteroatoms. The number of ether oxygens (including phenoxy) is 2. The summed E-state index contributed by atoms with van der Waals surface area (Å²) in [6, 6.07) is 14.1. The molecular formula is C22H25N3O5. The van der Waals surface area contributed by atoms with Gasteiger partial charge >= 0.3 is 0 Å². The molecule has 0 saturated heterocycles. The van der Waals surface area contributed by atoms with Crippen LogP contribution in [0.2, 0.25) is 0 Å². The van der Waals surface area contributed by atoms with Gasteiger partial charge < -0.3 is 25.0 Å². The second-order valence-corrected chi connectivity index (χ2v) is 6.70. The van der Waals surface area contributed by atoms with Gasteiger partial charge in [0, 0.05) is 31.5 Å². The molecule has 0 fully saturated rings. The highest BCUT2D eigenvalue weighted by Crippen LogP contribution is 2.31. The maximum absolute atomic E-state index is 12.5. The third-order valence-corrected chi connectivity index (χ3v) is 4.68. The summed E-state index contributed by atoms with van der Waals surface area (Å²) in [5, 5.41) is 5.45. The van der Waals surface area contributed by atoms with Crippen molar-refractivity contribution in [2.24, 2.45) is 0 Å². The molecule has 0 aliphatic carbocycles. The van der Waals surface area contributed by atoms with Crippen LogP contribution in [0.5, 0.6) is 11.5 Å². The number of methoxy groups -OCH3 is 1. The highest BCUT2D eigenvalue weighted by Gasteiger charge is 2.23. The number of para-hydroxylation sites is 2. The second-order valence-electron chi connectivity index (χ2n) is 6.70. The standard InChI is InChI=1S/C22H25N3O5/c1-29-17-8-6-16(7-9-17)22(28)24-13-12-23-20(26)10-11-21(27)25-14-15-30-19-5-3-2-4-18(19)25/h2-9H,10-15H2,1H3,(H,23,26)(H,24,28). The van der Waals surface area contributed by atoms with Crippen molar-refractivity contribution in [2.45, 2.75) is 12.8 Å². The SMILES string of the molecule is COc1ccc(C(=O)NCCNC(=O)CCC(=O)N2CCOc3ccccc32)cc1. The summed E-state index contributed by atoms with van der Waals surface area (Å²) in [5.41, 5.74) is 1.24. The minimum absolute atomic E-state index is 0.0881. The third-order valence-electron chi connectivity index (χ3n) is 4.68. The molecule has 0 atom stereocenters. The lowest BCUT2D eigenvalue weighted by Crippen LogP contribution is -2.39. The molecule has 0 radical (unpaired) electrons. The number of carbonyl (C=O) groups excluding carboxylic acids is 3. The Balaban J connectivity index is 1.36. The topological polar surface area (TPSA) is 97.0 Å². The third kappa shape index (κ3) is 5.50. The summed E-state index contributed by atoms with van der Waals surface area (Å²) >= 11 is 0. The van der Waals surface area contributed by atoms with E-state index >= 15 is 0 Å². The van der Waals surface area contributed by atoms with E-state index < -0.39 is 0 Å². The van der Waals surface area contributed by atoms with E-state index in [4.69, 9.17) is 9.47 Å². The summed E-state index contributed by atoms with van der Waals surface area (Å²) in [6.07, 6.45) is 0.198. The summed E-state index contributed by atoms with van der Waals surface area (Å²) in [4.78, 5) is 38.2. The van der Waals surface area contributed by atoms with Crippen molar-refractivity contribution >= 4 is 23.4 Å². The maximum atomic E-state index is 12.5. The van der Waals surface area contributed by atoms with E-state index in [2.05, 4.69) is 10.6 Å². The van der Waals surface area contributed by atoms with Gasteiger partial charge in [-0.05, 0) is 36.4 Å². The second kappa shape index (κ2) is 10.3. The van der Waals surface area contributed by atoms with Gasteiger partial charge in [0.25, 0.3) is 5.91 Å². The number of anilines is 1. The summed E-state index contributed by atoms with van der Waals surface area (Å²) in [6.45, 7) is 1.48. The van der Waals surface area contributed by atoms with E-state index in [0.29, 0.717) is 36.8 Å². The van der Waals surface area contributed by atoms with Gasteiger partial charge in [-0.1, -0.05) is 12.1 Å². The number of hydrogen-bond acceptors (Lipinski definition) is 5. The Morgan fingerprint density at radius 1 is 1.00 bits per heavy atom. The molecular weight excluding hydrogens is 386 g/mol. The van der Waals surface area contributed by atoms with Crippen LogP contribution in [0, 0.1) is 0 Å². The molecule has 158 valence electrons. The van der Waals surface area contributed by atoms with Crippen molar-refractivity contribution in [3.05, 3.63) is 54.1 Å². The Hall–Kier alpha value is -3.55. The van der Waals surface area contributed by atoms with Crippen molar-refractivity contribution in [2.75, 3.05) is 38.3 Å². The van der Waals surface area contributed by atoms with E-state index in [0.717, 1.165) is 5.69 Å². The van der Waals surface area contributed by atoms with Gasteiger partial charge in [0.1, 0.15) is 18.1 Å². The normalized spacial score (nSPS) is 12.4. The van der Waals surface area contributed by atoms with E-state index in [9.17, 15) is 14.4 Å². The van der Waals surface area contributed by atoms with Crippen LogP contribution in [0.4, 0.5) is 5.69 Å². The smallest absolute Gasteiger partial charge is 0.251 e. The first-order valence-electron chi connectivity index (χ1n) is 9.79. The molecule has 0 unspecified atom stereocenters. The van der Waals surface area contributed by atoms with Gasteiger partial charge in [0.05, 0.1) is 19.3 Å². The average molecular weight is 411 g/mol. The molecule has 1 heterocycles. The van der Waals surface area contributed by atoms with Crippen LogP contribution in [-0.2, 0) is 9.59 Å². The fourth-order valence-corrected chi connectivity index (χ4v) is 3.09. The number of carbonyl (C=O) groups is 3. The zero-order valence-corrected chi connectivity index (χ0v) is 16.8. The highest BCUT2D eigenvalue weighted by molar-refractivity contribution is 5.97. The Morgan fingerprint density at radius 2 is 1.73 bits per heavy atom. The molecule has 0 bridgehead atoms. The molecule has 8 nitrogen and oxygen atoms in total. The lowest BCUT2D eigenvalue weighted by atomic mass is 10.2. The Kier molecular flexibility index (Phi) is 7.26. The Morgan fingerprint density at radius 3 is 2.50 bits per heavy atom. The van der Waals surface area contributed by atoms with E-state index in [1.54, 1.807) is 36.3 Å². The van der Waals surface area contributed by atoms with Crippen LogP contribution >= 0.6 is 0 Å². The highest BCUT2D eigenvalue weighted by atomic mass is 16.5. The molecule has 1 aliphatic heterocycles. The first-order chi connectivity index (χ1) is 14.6. The molecule has 1 aliphatic rings. The summed E-state index contributed by atoms with van der Waals surface area (Å²) < 4.78 is 10.6. The number of hydrogen-bond donors (Lipinski definition) is 2. The van der Waals surface area contributed by atoms with Crippen molar-refractivity contribution in [1.29, 1.82) is 0 Å². The minimum Gasteiger partial charge on any atom is -0.497 e. The molecule has 0 aromatic heterocycles. The van der Waals surface area contributed by atoms with E-state index in [1.807, 2.05) is 24.3 Å². The monoisotopic (exact) mass is 411 g/mol. The quantitative estimate of drug-likeness (QED) is 0.645. The fraction of sp³-hybridized carbons (Fsp3) is 0.318. The minimum atomic E-state index is -0.233. The molecule has 30 heavy (non-hydrogen) atoms. The molecule has 0 spiro atoms. The number of nitrogens with zero attached hydrogens (tertiary/aromatic N) is 1. The van der Waals surface area contributed by atoms with E-state index in [-0.39, 0.29) is 37.1 Å². The maximum Gasteiger partial charge on any atom is 0.251 e. The zero-order chi connectivity index (χ0) is 21.3. The lowest BCUT2D eigenvalue weighted by Gasteiger charge is -2.29. The van der Waals surface area contributed by atoms with Crippen molar-refractivity contribution in [1.82, 2.24) is 10.6 Å². The van der Waals surface area contributed by atoms with Gasteiger partial charge in [0.2, 0.25) is 11.8 Å². The predicted molar refractivity (Wildman–Crippen MR) is 112 cm³/mol. The first kappa shape index (κ1) is 21.2. The largest absolute Gasteiger partial charge is 0.497 e.